The van der Waals surface area contributed by atoms with E-state index in [1.807, 2.05) is 61.5 Å². The van der Waals surface area contributed by atoms with Crippen LogP contribution < -0.4 is 14.8 Å². The summed E-state index contributed by atoms with van der Waals surface area (Å²) in [6.45, 7) is 1.86. The van der Waals surface area contributed by atoms with Crippen LogP contribution >= 0.6 is 8.41 Å². The van der Waals surface area contributed by atoms with Crippen molar-refractivity contribution in [1.29, 1.82) is 1.28 Å². The summed E-state index contributed by atoms with van der Waals surface area (Å²) < 4.78 is 31.2. The summed E-state index contributed by atoms with van der Waals surface area (Å²) in [6, 6.07) is 20.8. The highest BCUT2D eigenvalue weighted by Crippen LogP contribution is 2.46. The molecule has 154 valence electrons. The Kier molecular flexibility index (Phi) is 5.80. The van der Waals surface area contributed by atoms with Crippen molar-refractivity contribution in [2.75, 3.05) is 13.7 Å². The van der Waals surface area contributed by atoms with Gasteiger partial charge in [0.15, 0.2) is 5.30 Å². The van der Waals surface area contributed by atoms with Crippen molar-refractivity contribution >= 4 is 24.9 Å². The fourth-order valence-electron chi connectivity index (χ4n) is 3.78. The molecule has 2 unspecified atom stereocenters. The Labute approximate surface area is 184 Å². The van der Waals surface area contributed by atoms with Crippen LogP contribution in [-0.2, 0) is 4.57 Å². The van der Waals surface area contributed by atoms with Gasteiger partial charge in [-0.2, -0.15) is 0 Å². The molecule has 0 bridgehead atoms. The summed E-state index contributed by atoms with van der Waals surface area (Å²) in [7, 11) is -0.575. The van der Waals surface area contributed by atoms with Crippen molar-refractivity contribution in [1.82, 2.24) is 0 Å². The lowest BCUT2D eigenvalue weighted by Gasteiger charge is -2.31. The molecule has 2 atom stereocenters. The van der Waals surface area contributed by atoms with E-state index in [0.29, 0.717) is 11.1 Å². The zero-order valence-electron chi connectivity index (χ0n) is 18.3. The van der Waals surface area contributed by atoms with E-state index in [0.717, 1.165) is 39.1 Å². The number of methoxy groups -OCH3 is 1. The maximum Gasteiger partial charge on any atom is 0.394 e. The molecule has 0 aromatic heterocycles. The Balaban J connectivity index is 1.87. The van der Waals surface area contributed by atoms with Crippen LogP contribution in [0.1, 0.15) is 35.3 Å². The number of ether oxygens (including phenoxy) is 2. The van der Waals surface area contributed by atoms with Crippen molar-refractivity contribution < 1.29 is 19.1 Å². The van der Waals surface area contributed by atoms with E-state index < -0.39 is 14.5 Å². The molecule has 4 rings (SSSR count). The van der Waals surface area contributed by atoms with Crippen LogP contribution in [0.15, 0.2) is 66.7 Å². The summed E-state index contributed by atoms with van der Waals surface area (Å²) in [5.74, 6) is 6.92. The minimum Gasteiger partial charge on any atom is -0.497 e. The molecule has 1 aliphatic heterocycles. The van der Waals surface area contributed by atoms with E-state index in [4.69, 9.17) is 15.9 Å². The van der Waals surface area contributed by atoms with Gasteiger partial charge in [-0.05, 0) is 60.0 Å². The maximum absolute atomic E-state index is 11.7. The van der Waals surface area contributed by atoms with Crippen LogP contribution in [0.4, 0.5) is 0 Å². The molecule has 1 aliphatic rings. The molecular weight excluding hydrogens is 407 g/mol. The van der Waals surface area contributed by atoms with Gasteiger partial charge < -0.3 is 14.6 Å². The van der Waals surface area contributed by atoms with Gasteiger partial charge in [0.05, 0.1) is 7.11 Å². The quantitative estimate of drug-likeness (QED) is 0.478. The van der Waals surface area contributed by atoms with E-state index in [2.05, 4.69) is 11.8 Å². The van der Waals surface area contributed by atoms with Crippen molar-refractivity contribution in [2.24, 2.45) is 0 Å². The summed E-state index contributed by atoms with van der Waals surface area (Å²) in [6.07, 6.45) is -0.409. The SMILES string of the molecule is [3H][P+](=O)c1ccc2c(c1)OC(c1ccc(C#CCO)cc1)C(c1cccc(OC)c1)=C2C. The number of hydrogen-bond donors (Lipinski definition) is 1. The molecule has 5 heteroatoms. The molecule has 0 radical (unpaired) electrons. The van der Waals surface area contributed by atoms with Crippen LogP contribution in [0, 0.1) is 11.8 Å². The van der Waals surface area contributed by atoms with Gasteiger partial charge in [0.2, 0.25) is 0 Å². The summed E-state index contributed by atoms with van der Waals surface area (Å²) in [5.41, 5.74) is 5.68. The van der Waals surface area contributed by atoms with E-state index in [9.17, 15) is 4.57 Å². The highest BCUT2D eigenvalue weighted by atomic mass is 31.1. The second-order valence-electron chi connectivity index (χ2n) is 7.12. The number of rotatable bonds is 4. The van der Waals surface area contributed by atoms with Crippen LogP contribution in [0.2, 0.25) is 0 Å². The van der Waals surface area contributed by atoms with E-state index in [-0.39, 0.29) is 6.61 Å². The first-order valence-corrected chi connectivity index (χ1v) is 10.6. The predicted octanol–water partition coefficient (Wildman–Crippen LogP) is 4.75. The lowest BCUT2D eigenvalue weighted by atomic mass is 9.86. The Morgan fingerprint density at radius 2 is 1.97 bits per heavy atom. The topological polar surface area (TPSA) is 55.8 Å². The number of aliphatic hydroxyl groups excluding tert-OH is 1. The molecule has 31 heavy (non-hydrogen) atoms. The zero-order valence-corrected chi connectivity index (χ0v) is 18.1. The van der Waals surface area contributed by atoms with Crippen LogP contribution in [-0.4, -0.2) is 20.1 Å². The van der Waals surface area contributed by atoms with Gasteiger partial charge in [-0.25, -0.2) is 0 Å². The molecule has 0 aliphatic carbocycles. The summed E-state index contributed by atoms with van der Waals surface area (Å²) in [4.78, 5) is 0. The average Bonchev–Trinajstić information content (AvgIpc) is 2.82. The van der Waals surface area contributed by atoms with Gasteiger partial charge in [0.1, 0.15) is 24.2 Å². The first kappa shape index (κ1) is 19.6. The van der Waals surface area contributed by atoms with Gasteiger partial charge in [0.25, 0.3) is 0 Å². The second-order valence-corrected chi connectivity index (χ2v) is 7.82. The Bertz CT molecular complexity index is 1270. The second kappa shape index (κ2) is 9.18. The third-order valence-corrected chi connectivity index (χ3v) is 5.78. The lowest BCUT2D eigenvalue weighted by Crippen LogP contribution is -2.17. The number of hydrogen-bond acceptors (Lipinski definition) is 4. The minimum atomic E-state index is -2.21. The van der Waals surface area contributed by atoms with Gasteiger partial charge in [-0.3, -0.25) is 0 Å². The van der Waals surface area contributed by atoms with Crippen molar-refractivity contribution in [3.8, 4) is 23.3 Å². The molecule has 0 saturated heterocycles. The van der Waals surface area contributed by atoms with E-state index >= 15 is 0 Å². The molecule has 0 amide bonds. The fraction of sp³-hybridized carbons (Fsp3) is 0.154. The summed E-state index contributed by atoms with van der Waals surface area (Å²) in [5, 5.41) is 9.36. The third-order valence-electron chi connectivity index (χ3n) is 5.29. The first-order chi connectivity index (χ1) is 15.5. The van der Waals surface area contributed by atoms with Crippen molar-refractivity contribution in [3.63, 3.8) is 0 Å². The highest BCUT2D eigenvalue weighted by molar-refractivity contribution is 7.34. The Hall–Kier alpha value is -3.38. The average molecular weight is 431 g/mol. The van der Waals surface area contributed by atoms with Crippen LogP contribution in [0.3, 0.4) is 0 Å². The smallest absolute Gasteiger partial charge is 0.394 e. The van der Waals surface area contributed by atoms with Crippen molar-refractivity contribution in [2.45, 2.75) is 13.0 Å². The van der Waals surface area contributed by atoms with Crippen LogP contribution in [0.25, 0.3) is 11.1 Å². The Morgan fingerprint density at radius 3 is 2.68 bits per heavy atom. The summed E-state index contributed by atoms with van der Waals surface area (Å²) >= 11 is 0. The molecule has 0 saturated carbocycles. The normalized spacial score (nSPS) is 15.8. The van der Waals surface area contributed by atoms with Gasteiger partial charge in [-0.1, -0.05) is 40.7 Å². The third kappa shape index (κ3) is 4.25. The molecule has 0 spiro atoms. The lowest BCUT2D eigenvalue weighted by molar-refractivity contribution is 0.260. The zero-order chi connectivity index (χ0) is 22.7. The number of fused-ring (bicyclic) bond motifs is 1. The highest BCUT2D eigenvalue weighted by Gasteiger charge is 2.30. The van der Waals surface area contributed by atoms with Gasteiger partial charge in [0, 0.05) is 22.8 Å². The molecule has 0 fully saturated rings. The molecule has 3 aromatic carbocycles. The molecule has 1 heterocycles. The minimum absolute atomic E-state index is 0.188. The first-order valence-electron chi connectivity index (χ1n) is 10.3. The predicted molar refractivity (Wildman–Crippen MR) is 124 cm³/mol. The van der Waals surface area contributed by atoms with Gasteiger partial charge in [-0.15, -0.1) is 0 Å². The van der Waals surface area contributed by atoms with E-state index in [1.165, 1.54) is 0 Å². The maximum atomic E-state index is 11.7. The van der Waals surface area contributed by atoms with Gasteiger partial charge >= 0.3 is 9.68 Å². The van der Waals surface area contributed by atoms with Crippen LogP contribution in [0.5, 0.6) is 11.5 Å². The molecule has 4 nitrogen and oxygen atoms in total. The molecular formula is C26H22O4P+. The number of aliphatic hydroxyl groups is 1. The number of allylic oxidation sites excluding steroid dienone is 1. The largest absolute Gasteiger partial charge is 0.497 e. The van der Waals surface area contributed by atoms with Crippen molar-refractivity contribution in [3.05, 3.63) is 89.0 Å². The molecule has 3 aromatic rings. The fourth-order valence-corrected chi connectivity index (χ4v) is 4.08. The molecule has 1 N–H and O–H groups in total. The standard InChI is InChI=1S/C26H21O4P/c1-17-23-13-12-22(31-28)16-24(23)30-26(19-10-8-18(9-11-19)5-4-14-27)25(17)20-6-3-7-21(15-20)29-2/h3,6-13,15-16,26-27H,14H2,1-2H3/p+1/i/hT. The monoisotopic (exact) mass is 431 g/mol. The Morgan fingerprint density at radius 1 is 1.16 bits per heavy atom. The number of benzene rings is 3. The van der Waals surface area contributed by atoms with E-state index in [1.54, 1.807) is 19.2 Å².